The molecule has 0 aliphatic carbocycles. The Balaban J connectivity index is 1.80. The Morgan fingerprint density at radius 3 is 2.42 bits per heavy atom. The van der Waals surface area contributed by atoms with Crippen LogP contribution in [0.25, 0.3) is 0 Å². The zero-order valence-electron chi connectivity index (χ0n) is 14.8. The number of hydrogen-bond donors (Lipinski definition) is 1. The van der Waals surface area contributed by atoms with Gasteiger partial charge in [0.25, 0.3) is 5.91 Å². The van der Waals surface area contributed by atoms with E-state index in [1.165, 1.54) is 0 Å². The lowest BCUT2D eigenvalue weighted by Crippen LogP contribution is -2.18. The van der Waals surface area contributed by atoms with Crippen molar-refractivity contribution in [3.05, 3.63) is 78.6 Å². The molecule has 0 saturated carbocycles. The van der Waals surface area contributed by atoms with Crippen LogP contribution in [0, 0.1) is 0 Å². The first-order chi connectivity index (χ1) is 12.7. The van der Waals surface area contributed by atoms with E-state index >= 15 is 0 Å². The van der Waals surface area contributed by atoms with E-state index in [0.29, 0.717) is 11.3 Å². The number of carbonyl (C=O) groups is 1. The molecular formula is C21H21N3O2. The molecule has 0 saturated heterocycles. The number of rotatable bonds is 6. The molecule has 2 aromatic carbocycles. The molecule has 0 bridgehead atoms. The molecule has 3 aromatic rings. The standard InChI is InChI=1S/C21H21N3O2/c1-3-24(18-7-5-4-6-8-18)19-13-16(14-22-15-19)21(25)23-17-9-11-20(26-2)12-10-17/h4-15H,3H2,1-2H3,(H,23,25). The molecule has 132 valence electrons. The van der Waals surface area contributed by atoms with Crippen LogP contribution in [0.4, 0.5) is 17.1 Å². The fourth-order valence-corrected chi connectivity index (χ4v) is 2.70. The van der Waals surface area contributed by atoms with E-state index in [2.05, 4.69) is 22.1 Å². The van der Waals surface area contributed by atoms with E-state index in [1.54, 1.807) is 43.8 Å². The molecule has 1 aromatic heterocycles. The summed E-state index contributed by atoms with van der Waals surface area (Å²) in [5.41, 5.74) is 3.15. The lowest BCUT2D eigenvalue weighted by molar-refractivity contribution is 0.102. The molecule has 0 spiro atoms. The molecule has 5 heteroatoms. The predicted molar refractivity (Wildman–Crippen MR) is 104 cm³/mol. The Morgan fingerprint density at radius 2 is 1.77 bits per heavy atom. The van der Waals surface area contributed by atoms with Gasteiger partial charge >= 0.3 is 0 Å². The number of hydrogen-bond acceptors (Lipinski definition) is 4. The molecule has 26 heavy (non-hydrogen) atoms. The van der Waals surface area contributed by atoms with Crippen LogP contribution in [0.2, 0.25) is 0 Å². The molecule has 1 heterocycles. The van der Waals surface area contributed by atoms with Crippen LogP contribution in [0.15, 0.2) is 73.1 Å². The summed E-state index contributed by atoms with van der Waals surface area (Å²) in [5.74, 6) is 0.543. The van der Waals surface area contributed by atoms with Gasteiger partial charge in [-0.3, -0.25) is 9.78 Å². The van der Waals surface area contributed by atoms with Crippen molar-refractivity contribution >= 4 is 23.0 Å². The van der Waals surface area contributed by atoms with Gasteiger partial charge in [0.05, 0.1) is 24.6 Å². The average Bonchev–Trinajstić information content (AvgIpc) is 2.70. The highest BCUT2D eigenvalue weighted by Gasteiger charge is 2.12. The number of amides is 1. The van der Waals surface area contributed by atoms with E-state index in [4.69, 9.17) is 4.74 Å². The summed E-state index contributed by atoms with van der Waals surface area (Å²) >= 11 is 0. The first-order valence-electron chi connectivity index (χ1n) is 8.44. The molecule has 5 nitrogen and oxygen atoms in total. The van der Waals surface area contributed by atoms with Gasteiger partial charge in [0.2, 0.25) is 0 Å². The van der Waals surface area contributed by atoms with Crippen LogP contribution in [0.5, 0.6) is 5.75 Å². The van der Waals surface area contributed by atoms with Crippen LogP contribution in [-0.4, -0.2) is 24.5 Å². The lowest BCUT2D eigenvalue weighted by atomic mass is 10.2. The molecule has 0 unspecified atom stereocenters. The second kappa shape index (κ2) is 8.16. The number of benzene rings is 2. The summed E-state index contributed by atoms with van der Waals surface area (Å²) in [6.45, 7) is 2.84. The van der Waals surface area contributed by atoms with Gasteiger partial charge in [0.1, 0.15) is 5.75 Å². The number of para-hydroxylation sites is 1. The molecule has 1 amide bonds. The van der Waals surface area contributed by atoms with Gasteiger partial charge in [-0.25, -0.2) is 0 Å². The Labute approximate surface area is 153 Å². The monoisotopic (exact) mass is 347 g/mol. The van der Waals surface area contributed by atoms with Gasteiger partial charge in [-0.15, -0.1) is 0 Å². The number of methoxy groups -OCH3 is 1. The second-order valence-corrected chi connectivity index (χ2v) is 5.69. The van der Waals surface area contributed by atoms with Crippen LogP contribution in [-0.2, 0) is 0 Å². The van der Waals surface area contributed by atoms with Crippen molar-refractivity contribution in [2.24, 2.45) is 0 Å². The number of carbonyl (C=O) groups excluding carboxylic acids is 1. The fourth-order valence-electron chi connectivity index (χ4n) is 2.70. The third kappa shape index (κ3) is 4.00. The summed E-state index contributed by atoms with van der Waals surface area (Å²) in [6, 6.07) is 19.1. The zero-order chi connectivity index (χ0) is 18.4. The molecule has 0 aliphatic heterocycles. The second-order valence-electron chi connectivity index (χ2n) is 5.69. The largest absolute Gasteiger partial charge is 0.497 e. The van der Waals surface area contributed by atoms with E-state index in [0.717, 1.165) is 23.7 Å². The number of nitrogens with zero attached hydrogens (tertiary/aromatic N) is 2. The van der Waals surface area contributed by atoms with E-state index in [-0.39, 0.29) is 5.91 Å². The molecule has 1 N–H and O–H groups in total. The molecular weight excluding hydrogens is 326 g/mol. The Bertz CT molecular complexity index is 864. The highest BCUT2D eigenvalue weighted by atomic mass is 16.5. The number of aromatic nitrogens is 1. The summed E-state index contributed by atoms with van der Waals surface area (Å²) in [5, 5.41) is 2.88. The van der Waals surface area contributed by atoms with Crippen LogP contribution in [0.1, 0.15) is 17.3 Å². The zero-order valence-corrected chi connectivity index (χ0v) is 14.8. The summed E-state index contributed by atoms with van der Waals surface area (Å²) in [4.78, 5) is 18.9. The normalized spacial score (nSPS) is 10.2. The van der Waals surface area contributed by atoms with Crippen molar-refractivity contribution in [2.75, 3.05) is 23.9 Å². The summed E-state index contributed by atoms with van der Waals surface area (Å²) < 4.78 is 5.13. The topological polar surface area (TPSA) is 54.5 Å². The third-order valence-corrected chi connectivity index (χ3v) is 4.03. The maximum atomic E-state index is 12.6. The van der Waals surface area contributed by atoms with Crippen molar-refractivity contribution in [3.8, 4) is 5.75 Å². The number of nitrogens with one attached hydrogen (secondary N) is 1. The Kier molecular flexibility index (Phi) is 5.49. The number of pyridine rings is 1. The van der Waals surface area contributed by atoms with Crippen molar-refractivity contribution in [2.45, 2.75) is 6.92 Å². The first kappa shape index (κ1) is 17.5. The van der Waals surface area contributed by atoms with Crippen LogP contribution < -0.4 is 15.0 Å². The smallest absolute Gasteiger partial charge is 0.257 e. The molecule has 0 aliphatic rings. The number of anilines is 3. The highest BCUT2D eigenvalue weighted by Crippen LogP contribution is 2.25. The maximum Gasteiger partial charge on any atom is 0.257 e. The quantitative estimate of drug-likeness (QED) is 0.713. The first-order valence-corrected chi connectivity index (χ1v) is 8.44. The van der Waals surface area contributed by atoms with Gasteiger partial charge < -0.3 is 15.0 Å². The van der Waals surface area contributed by atoms with Crippen molar-refractivity contribution in [1.82, 2.24) is 4.98 Å². The van der Waals surface area contributed by atoms with Crippen LogP contribution >= 0.6 is 0 Å². The van der Waals surface area contributed by atoms with Crippen molar-refractivity contribution < 1.29 is 9.53 Å². The average molecular weight is 347 g/mol. The van der Waals surface area contributed by atoms with Gasteiger partial charge in [-0.2, -0.15) is 0 Å². The predicted octanol–water partition coefficient (Wildman–Crippen LogP) is 4.50. The summed E-state index contributed by atoms with van der Waals surface area (Å²) in [7, 11) is 1.61. The van der Waals surface area contributed by atoms with Gasteiger partial charge in [-0.1, -0.05) is 18.2 Å². The van der Waals surface area contributed by atoms with Gasteiger partial charge in [0, 0.05) is 24.1 Å². The molecule has 0 radical (unpaired) electrons. The highest BCUT2D eigenvalue weighted by molar-refractivity contribution is 6.04. The van der Waals surface area contributed by atoms with Gasteiger partial charge in [0.15, 0.2) is 0 Å². The minimum atomic E-state index is -0.200. The SMILES string of the molecule is CCN(c1ccccc1)c1cncc(C(=O)Nc2ccc(OC)cc2)c1. The molecule has 0 atom stereocenters. The maximum absolute atomic E-state index is 12.6. The Hall–Kier alpha value is -3.34. The van der Waals surface area contributed by atoms with Crippen LogP contribution in [0.3, 0.4) is 0 Å². The van der Waals surface area contributed by atoms with Crippen molar-refractivity contribution in [1.29, 1.82) is 0 Å². The minimum Gasteiger partial charge on any atom is -0.497 e. The molecule has 3 rings (SSSR count). The number of ether oxygens (including phenoxy) is 1. The van der Waals surface area contributed by atoms with E-state index in [9.17, 15) is 4.79 Å². The molecule has 0 fully saturated rings. The van der Waals surface area contributed by atoms with Crippen molar-refractivity contribution in [3.63, 3.8) is 0 Å². The lowest BCUT2D eigenvalue weighted by Gasteiger charge is -2.23. The minimum absolute atomic E-state index is 0.200. The summed E-state index contributed by atoms with van der Waals surface area (Å²) in [6.07, 6.45) is 3.34. The van der Waals surface area contributed by atoms with Gasteiger partial charge in [-0.05, 0) is 49.4 Å². The Morgan fingerprint density at radius 1 is 1.04 bits per heavy atom. The fraction of sp³-hybridized carbons (Fsp3) is 0.143. The van der Waals surface area contributed by atoms with E-state index < -0.39 is 0 Å². The van der Waals surface area contributed by atoms with E-state index in [1.807, 2.05) is 36.4 Å². The third-order valence-electron chi connectivity index (χ3n) is 4.03.